The van der Waals surface area contributed by atoms with Crippen molar-refractivity contribution in [3.05, 3.63) is 59.9 Å². The molecule has 8 heteroatoms. The van der Waals surface area contributed by atoms with Crippen LogP contribution in [0.2, 0.25) is 0 Å². The molecule has 1 aromatic carbocycles. The van der Waals surface area contributed by atoms with Crippen molar-refractivity contribution >= 4 is 28.9 Å². The lowest BCUT2D eigenvalue weighted by Crippen LogP contribution is -2.30. The third-order valence-corrected chi connectivity index (χ3v) is 4.76. The molecule has 7 nitrogen and oxygen atoms in total. The molecule has 0 saturated carbocycles. The Hall–Kier alpha value is -3.26. The van der Waals surface area contributed by atoms with Gasteiger partial charge in [-0.05, 0) is 43.3 Å². The van der Waals surface area contributed by atoms with E-state index in [4.69, 9.17) is 9.47 Å². The average molecular weight is 397 g/mol. The van der Waals surface area contributed by atoms with Crippen LogP contribution in [0.1, 0.15) is 12.6 Å². The van der Waals surface area contributed by atoms with Crippen LogP contribution in [0.25, 0.3) is 10.6 Å². The highest BCUT2D eigenvalue weighted by atomic mass is 32.1. The highest BCUT2D eigenvalue weighted by Crippen LogP contribution is 2.23. The van der Waals surface area contributed by atoms with E-state index in [1.807, 2.05) is 12.1 Å². The average Bonchev–Trinajstić information content (AvgIpc) is 3.17. The number of benzene rings is 1. The molecule has 144 valence electrons. The number of ether oxygens (including phenoxy) is 2. The molecule has 0 aliphatic carbocycles. The summed E-state index contributed by atoms with van der Waals surface area (Å²) in [6.07, 6.45) is 2.48. The molecule has 0 bridgehead atoms. The monoisotopic (exact) mass is 397 g/mol. The van der Waals surface area contributed by atoms with Crippen molar-refractivity contribution in [1.29, 1.82) is 0 Å². The Morgan fingerprint density at radius 2 is 2.00 bits per heavy atom. The first-order valence-electron chi connectivity index (χ1n) is 8.54. The topological polar surface area (TPSA) is 90.4 Å². The molecule has 3 rings (SSSR count). The quantitative estimate of drug-likeness (QED) is 0.615. The van der Waals surface area contributed by atoms with Gasteiger partial charge in [-0.3, -0.25) is 14.6 Å². The molecular weight excluding hydrogens is 378 g/mol. The molecule has 0 fully saturated rings. The molecule has 2 heterocycles. The summed E-state index contributed by atoms with van der Waals surface area (Å²) in [6.45, 7) is 1.53. The lowest BCUT2D eigenvalue weighted by molar-refractivity contribution is -0.152. The molecule has 28 heavy (non-hydrogen) atoms. The predicted octanol–water partition coefficient (Wildman–Crippen LogP) is 3.33. The van der Waals surface area contributed by atoms with Crippen LogP contribution in [0.3, 0.4) is 0 Å². The van der Waals surface area contributed by atoms with E-state index < -0.39 is 18.0 Å². The van der Waals surface area contributed by atoms with Crippen molar-refractivity contribution < 1.29 is 19.1 Å². The number of carbonyl (C=O) groups excluding carboxylic acids is 2. The summed E-state index contributed by atoms with van der Waals surface area (Å²) in [6, 6.07) is 10.6. The van der Waals surface area contributed by atoms with Gasteiger partial charge >= 0.3 is 5.97 Å². The van der Waals surface area contributed by atoms with E-state index >= 15 is 0 Å². The fraction of sp³-hybridized carbons (Fsp3) is 0.200. The number of rotatable bonds is 7. The lowest BCUT2D eigenvalue weighted by Gasteiger charge is -2.13. The highest BCUT2D eigenvalue weighted by molar-refractivity contribution is 7.13. The largest absolute Gasteiger partial charge is 0.497 e. The van der Waals surface area contributed by atoms with Crippen molar-refractivity contribution in [2.75, 3.05) is 12.4 Å². The summed E-state index contributed by atoms with van der Waals surface area (Å²) in [5.74, 6) is -0.236. The van der Waals surface area contributed by atoms with Crippen LogP contribution in [0.4, 0.5) is 5.69 Å². The van der Waals surface area contributed by atoms with E-state index in [1.54, 1.807) is 49.1 Å². The van der Waals surface area contributed by atoms with Gasteiger partial charge in [0.25, 0.3) is 5.91 Å². The number of aromatic nitrogens is 2. The van der Waals surface area contributed by atoms with Crippen LogP contribution in [0.5, 0.6) is 5.75 Å². The molecule has 2 aromatic heterocycles. The second-order valence-electron chi connectivity index (χ2n) is 5.91. The van der Waals surface area contributed by atoms with E-state index in [9.17, 15) is 9.59 Å². The maximum atomic E-state index is 12.2. The van der Waals surface area contributed by atoms with Gasteiger partial charge in [-0.1, -0.05) is 0 Å². The van der Waals surface area contributed by atoms with E-state index in [-0.39, 0.29) is 6.42 Å². The molecule has 3 aromatic rings. The Morgan fingerprint density at radius 3 is 2.68 bits per heavy atom. The van der Waals surface area contributed by atoms with Crippen molar-refractivity contribution in [1.82, 2.24) is 9.97 Å². The van der Waals surface area contributed by atoms with Crippen LogP contribution in [-0.2, 0) is 20.7 Å². The van der Waals surface area contributed by atoms with E-state index in [2.05, 4.69) is 15.3 Å². The third kappa shape index (κ3) is 5.14. The number of esters is 1. The molecule has 0 aliphatic heterocycles. The van der Waals surface area contributed by atoms with Crippen LogP contribution in [0.15, 0.2) is 54.2 Å². The Balaban J connectivity index is 1.52. The number of nitrogens with one attached hydrogen (secondary N) is 1. The van der Waals surface area contributed by atoms with Crippen LogP contribution in [-0.4, -0.2) is 35.1 Å². The minimum absolute atomic E-state index is 0.00306. The third-order valence-electron chi connectivity index (χ3n) is 3.82. The first-order chi connectivity index (χ1) is 13.5. The number of amides is 1. The van der Waals surface area contributed by atoms with Crippen molar-refractivity contribution in [3.63, 3.8) is 0 Å². The Morgan fingerprint density at radius 1 is 1.21 bits per heavy atom. The van der Waals surface area contributed by atoms with Gasteiger partial charge in [0, 0.05) is 29.0 Å². The van der Waals surface area contributed by atoms with Gasteiger partial charge in [-0.15, -0.1) is 11.3 Å². The molecular formula is C20H19N3O4S. The molecule has 1 amide bonds. The van der Waals surface area contributed by atoms with Crippen molar-refractivity contribution in [3.8, 4) is 16.3 Å². The zero-order valence-electron chi connectivity index (χ0n) is 15.4. The van der Waals surface area contributed by atoms with Gasteiger partial charge < -0.3 is 14.8 Å². The van der Waals surface area contributed by atoms with Gasteiger partial charge in [0.05, 0.1) is 19.2 Å². The number of carbonyl (C=O) groups is 2. The van der Waals surface area contributed by atoms with Crippen molar-refractivity contribution in [2.45, 2.75) is 19.4 Å². The predicted molar refractivity (Wildman–Crippen MR) is 106 cm³/mol. The lowest BCUT2D eigenvalue weighted by atomic mass is 10.2. The maximum Gasteiger partial charge on any atom is 0.312 e. The molecule has 1 N–H and O–H groups in total. The number of thiazole rings is 1. The normalized spacial score (nSPS) is 11.5. The Labute approximate surface area is 166 Å². The Bertz CT molecular complexity index is 942. The smallest absolute Gasteiger partial charge is 0.312 e. The summed E-state index contributed by atoms with van der Waals surface area (Å²) >= 11 is 1.43. The number of anilines is 1. The van der Waals surface area contributed by atoms with Gasteiger partial charge in [-0.2, -0.15) is 0 Å². The van der Waals surface area contributed by atoms with Crippen LogP contribution < -0.4 is 10.1 Å². The van der Waals surface area contributed by atoms with Crippen LogP contribution >= 0.6 is 11.3 Å². The van der Waals surface area contributed by atoms with Gasteiger partial charge in [0.2, 0.25) is 0 Å². The Kier molecular flexibility index (Phi) is 6.33. The maximum absolute atomic E-state index is 12.2. The molecule has 0 spiro atoms. The fourth-order valence-corrected chi connectivity index (χ4v) is 3.18. The van der Waals surface area contributed by atoms with Crippen molar-refractivity contribution in [2.24, 2.45) is 0 Å². The van der Waals surface area contributed by atoms with Gasteiger partial charge in [-0.25, -0.2) is 4.98 Å². The van der Waals surface area contributed by atoms with E-state index in [1.165, 1.54) is 18.3 Å². The second-order valence-corrected chi connectivity index (χ2v) is 6.77. The van der Waals surface area contributed by atoms with Gasteiger partial charge in [0.1, 0.15) is 10.8 Å². The summed E-state index contributed by atoms with van der Waals surface area (Å²) in [5.41, 5.74) is 2.07. The fourth-order valence-electron chi connectivity index (χ4n) is 2.37. The number of hydrogen-bond donors (Lipinski definition) is 1. The van der Waals surface area contributed by atoms with Crippen LogP contribution in [0, 0.1) is 0 Å². The number of methoxy groups -OCH3 is 1. The number of pyridine rings is 1. The summed E-state index contributed by atoms with van der Waals surface area (Å²) in [4.78, 5) is 32.8. The SMILES string of the molecule is COc1ccc(NC(=O)[C@H](C)OC(=O)Cc2csc(-c3cccnc3)n2)cc1. The molecule has 1 atom stereocenters. The standard InChI is InChI=1S/C20H19N3O4S/c1-13(19(25)22-15-5-7-17(26-2)8-6-15)27-18(24)10-16-12-28-20(23-16)14-4-3-9-21-11-14/h3-9,11-13H,10H2,1-2H3,(H,22,25)/t13-/m0/s1. The molecule has 0 aliphatic rings. The zero-order valence-corrected chi connectivity index (χ0v) is 16.2. The van der Waals surface area contributed by atoms with E-state index in [0.717, 1.165) is 10.6 Å². The minimum Gasteiger partial charge on any atom is -0.497 e. The zero-order chi connectivity index (χ0) is 19.9. The van der Waals surface area contributed by atoms with E-state index in [0.29, 0.717) is 17.1 Å². The highest BCUT2D eigenvalue weighted by Gasteiger charge is 2.19. The summed E-state index contributed by atoms with van der Waals surface area (Å²) < 4.78 is 10.3. The summed E-state index contributed by atoms with van der Waals surface area (Å²) in [5, 5.41) is 5.27. The second kappa shape index (κ2) is 9.09. The minimum atomic E-state index is -0.925. The molecule has 0 unspecified atom stereocenters. The first-order valence-corrected chi connectivity index (χ1v) is 9.42. The number of nitrogens with zero attached hydrogens (tertiary/aromatic N) is 2. The molecule has 0 radical (unpaired) electrons. The first kappa shape index (κ1) is 19.5. The summed E-state index contributed by atoms with van der Waals surface area (Å²) in [7, 11) is 1.57. The molecule has 0 saturated heterocycles. The van der Waals surface area contributed by atoms with Gasteiger partial charge in [0.15, 0.2) is 6.10 Å². The number of hydrogen-bond acceptors (Lipinski definition) is 7.